The second-order valence-electron chi connectivity index (χ2n) is 8.82. The van der Waals surface area contributed by atoms with Gasteiger partial charge in [-0.2, -0.15) is 16.9 Å². The van der Waals surface area contributed by atoms with Crippen molar-refractivity contribution in [1.29, 1.82) is 0 Å². The highest BCUT2D eigenvalue weighted by atomic mass is 32.2. The third-order valence-electron chi connectivity index (χ3n) is 5.69. The van der Waals surface area contributed by atoms with Crippen LogP contribution < -0.4 is 14.8 Å². The first kappa shape index (κ1) is 26.4. The van der Waals surface area contributed by atoms with Crippen molar-refractivity contribution in [2.75, 3.05) is 49.3 Å². The SMILES string of the molecule is COc1ccc(C2=NN(Cc3ccc(NC(=O)CN4CCSCC4)cc3)C(=O)SC2)cc1OC(C)C. The average Bonchev–Trinajstić information content (AvgIpc) is 2.86. The number of hydrogen-bond donors (Lipinski definition) is 1. The van der Waals surface area contributed by atoms with E-state index in [0.29, 0.717) is 30.3 Å². The molecule has 1 fully saturated rings. The maximum Gasteiger partial charge on any atom is 0.302 e. The van der Waals surface area contributed by atoms with Gasteiger partial charge in [0.2, 0.25) is 5.91 Å². The number of methoxy groups -OCH3 is 1. The van der Waals surface area contributed by atoms with Crippen LogP contribution >= 0.6 is 23.5 Å². The number of rotatable bonds is 9. The second-order valence-corrected chi connectivity index (χ2v) is 11.0. The van der Waals surface area contributed by atoms with Crippen LogP contribution in [0.2, 0.25) is 0 Å². The van der Waals surface area contributed by atoms with Crippen molar-refractivity contribution in [2.45, 2.75) is 26.5 Å². The fraction of sp³-hybridized carbons (Fsp3) is 0.423. The first-order chi connectivity index (χ1) is 17.4. The molecule has 0 unspecified atom stereocenters. The van der Waals surface area contributed by atoms with E-state index >= 15 is 0 Å². The Balaban J connectivity index is 1.40. The summed E-state index contributed by atoms with van der Waals surface area (Å²) in [5.41, 5.74) is 3.37. The van der Waals surface area contributed by atoms with Gasteiger partial charge in [-0.05, 0) is 49.7 Å². The van der Waals surface area contributed by atoms with Gasteiger partial charge in [-0.1, -0.05) is 23.9 Å². The molecule has 2 aromatic carbocycles. The van der Waals surface area contributed by atoms with E-state index in [1.165, 1.54) is 16.8 Å². The molecule has 2 aliphatic rings. The first-order valence-corrected chi connectivity index (χ1v) is 14.1. The lowest BCUT2D eigenvalue weighted by molar-refractivity contribution is -0.117. The van der Waals surface area contributed by atoms with E-state index in [4.69, 9.17) is 9.47 Å². The van der Waals surface area contributed by atoms with Crippen molar-refractivity contribution in [2.24, 2.45) is 5.10 Å². The van der Waals surface area contributed by atoms with Gasteiger partial charge < -0.3 is 14.8 Å². The molecular formula is C26H32N4O4S2. The third-order valence-corrected chi connectivity index (χ3v) is 7.50. The summed E-state index contributed by atoms with van der Waals surface area (Å²) < 4.78 is 11.3. The summed E-state index contributed by atoms with van der Waals surface area (Å²) in [6, 6.07) is 13.3. The topological polar surface area (TPSA) is 83.5 Å². The Kier molecular flexibility index (Phi) is 9.17. The van der Waals surface area contributed by atoms with Gasteiger partial charge in [-0.25, -0.2) is 5.01 Å². The molecule has 0 aromatic heterocycles. The van der Waals surface area contributed by atoms with Gasteiger partial charge in [0.15, 0.2) is 11.5 Å². The molecule has 2 aliphatic heterocycles. The number of carbonyl (C=O) groups excluding carboxylic acids is 2. The molecule has 8 nitrogen and oxygen atoms in total. The van der Waals surface area contributed by atoms with Gasteiger partial charge in [0.25, 0.3) is 0 Å². The number of thioether (sulfide) groups is 2. The lowest BCUT2D eigenvalue weighted by Crippen LogP contribution is -2.38. The summed E-state index contributed by atoms with van der Waals surface area (Å²) in [5.74, 6) is 3.94. The lowest BCUT2D eigenvalue weighted by atomic mass is 10.1. The average molecular weight is 529 g/mol. The summed E-state index contributed by atoms with van der Waals surface area (Å²) in [4.78, 5) is 27.1. The number of nitrogens with zero attached hydrogens (tertiary/aromatic N) is 3. The largest absolute Gasteiger partial charge is 0.493 e. The molecule has 36 heavy (non-hydrogen) atoms. The first-order valence-electron chi connectivity index (χ1n) is 12.0. The van der Waals surface area contributed by atoms with E-state index in [1.807, 2.05) is 68.1 Å². The van der Waals surface area contributed by atoms with E-state index in [-0.39, 0.29) is 17.3 Å². The molecule has 192 valence electrons. The Morgan fingerprint density at radius 2 is 1.86 bits per heavy atom. The lowest BCUT2D eigenvalue weighted by Gasteiger charge is -2.25. The molecule has 0 aliphatic carbocycles. The molecular weight excluding hydrogens is 496 g/mol. The van der Waals surface area contributed by atoms with Crippen LogP contribution in [0.1, 0.15) is 25.0 Å². The van der Waals surface area contributed by atoms with E-state index in [2.05, 4.69) is 15.3 Å². The molecule has 4 rings (SSSR count). The predicted molar refractivity (Wildman–Crippen MR) is 148 cm³/mol. The summed E-state index contributed by atoms with van der Waals surface area (Å²) in [5, 5.41) is 9.00. The zero-order valence-corrected chi connectivity index (χ0v) is 22.5. The fourth-order valence-corrected chi connectivity index (χ4v) is 5.61. The molecule has 10 heteroatoms. The number of nitrogens with one attached hydrogen (secondary N) is 1. The number of amides is 2. The number of carbonyl (C=O) groups is 2. The smallest absolute Gasteiger partial charge is 0.302 e. The maximum absolute atomic E-state index is 12.6. The summed E-state index contributed by atoms with van der Waals surface area (Å²) in [7, 11) is 1.61. The minimum absolute atomic E-state index is 0.00604. The summed E-state index contributed by atoms with van der Waals surface area (Å²) >= 11 is 3.15. The van der Waals surface area contributed by atoms with Gasteiger partial charge >= 0.3 is 5.24 Å². The molecule has 1 N–H and O–H groups in total. The number of anilines is 1. The number of benzene rings is 2. The van der Waals surface area contributed by atoms with Crippen LogP contribution in [-0.4, -0.2) is 76.9 Å². The molecule has 0 spiro atoms. The highest BCUT2D eigenvalue weighted by molar-refractivity contribution is 8.14. The fourth-order valence-electron chi connectivity index (χ4n) is 3.89. The standard InChI is InChI=1S/C26H32N4O4S2/c1-18(2)34-24-14-20(6-9-23(24)33-3)22-17-36-26(32)30(28-22)15-19-4-7-21(8-5-19)27-25(31)16-29-10-12-35-13-11-29/h4-9,14,18H,10-13,15-17H2,1-3H3,(H,27,31). The Labute approximate surface area is 220 Å². The summed E-state index contributed by atoms with van der Waals surface area (Å²) in [6.07, 6.45) is 0.00604. The maximum atomic E-state index is 12.6. The predicted octanol–water partition coefficient (Wildman–Crippen LogP) is 4.54. The van der Waals surface area contributed by atoms with E-state index in [0.717, 1.165) is 47.1 Å². The van der Waals surface area contributed by atoms with Gasteiger partial charge in [-0.3, -0.25) is 14.5 Å². The molecule has 0 atom stereocenters. The van der Waals surface area contributed by atoms with Crippen LogP contribution in [-0.2, 0) is 11.3 Å². The Morgan fingerprint density at radius 3 is 2.56 bits per heavy atom. The van der Waals surface area contributed by atoms with Crippen molar-refractivity contribution in [3.8, 4) is 11.5 Å². The zero-order chi connectivity index (χ0) is 25.5. The Morgan fingerprint density at radius 1 is 1.11 bits per heavy atom. The normalized spacial score (nSPS) is 16.6. The molecule has 0 bridgehead atoms. The van der Waals surface area contributed by atoms with Crippen molar-refractivity contribution in [3.05, 3.63) is 53.6 Å². The number of hydrogen-bond acceptors (Lipinski definition) is 8. The highest BCUT2D eigenvalue weighted by Crippen LogP contribution is 2.31. The molecule has 0 radical (unpaired) electrons. The monoisotopic (exact) mass is 528 g/mol. The Hall–Kier alpha value is -2.69. The summed E-state index contributed by atoms with van der Waals surface area (Å²) in [6.45, 7) is 6.58. The van der Waals surface area contributed by atoms with Crippen molar-refractivity contribution in [1.82, 2.24) is 9.91 Å². The van der Waals surface area contributed by atoms with Gasteiger partial charge in [0, 0.05) is 41.6 Å². The zero-order valence-electron chi connectivity index (χ0n) is 20.9. The van der Waals surface area contributed by atoms with E-state index < -0.39 is 0 Å². The van der Waals surface area contributed by atoms with Crippen LogP contribution in [0.3, 0.4) is 0 Å². The van der Waals surface area contributed by atoms with Crippen molar-refractivity contribution >= 4 is 46.1 Å². The van der Waals surface area contributed by atoms with Crippen molar-refractivity contribution < 1.29 is 19.1 Å². The van der Waals surface area contributed by atoms with Crippen LogP contribution in [0.4, 0.5) is 10.5 Å². The second kappa shape index (κ2) is 12.5. The van der Waals surface area contributed by atoms with Gasteiger partial charge in [0.05, 0.1) is 32.0 Å². The van der Waals surface area contributed by atoms with Crippen LogP contribution in [0.15, 0.2) is 47.6 Å². The van der Waals surface area contributed by atoms with Crippen LogP contribution in [0, 0.1) is 0 Å². The van der Waals surface area contributed by atoms with E-state index in [9.17, 15) is 9.59 Å². The highest BCUT2D eigenvalue weighted by Gasteiger charge is 2.23. The molecule has 0 saturated carbocycles. The van der Waals surface area contributed by atoms with Crippen LogP contribution in [0.5, 0.6) is 11.5 Å². The number of ether oxygens (including phenoxy) is 2. The molecule has 1 saturated heterocycles. The van der Waals surface area contributed by atoms with E-state index in [1.54, 1.807) is 7.11 Å². The van der Waals surface area contributed by atoms with Gasteiger partial charge in [-0.15, -0.1) is 0 Å². The number of hydrazone groups is 1. The molecule has 2 heterocycles. The quantitative estimate of drug-likeness (QED) is 0.512. The van der Waals surface area contributed by atoms with Crippen LogP contribution in [0.25, 0.3) is 0 Å². The molecule has 2 aromatic rings. The van der Waals surface area contributed by atoms with Gasteiger partial charge in [0.1, 0.15) is 0 Å². The minimum atomic E-state index is -0.0945. The van der Waals surface area contributed by atoms with Crippen molar-refractivity contribution in [3.63, 3.8) is 0 Å². The third kappa shape index (κ3) is 7.18. The molecule has 2 amide bonds. The minimum Gasteiger partial charge on any atom is -0.493 e. The Bertz CT molecular complexity index is 1100.